The minimum atomic E-state index is 0.00610. The van der Waals surface area contributed by atoms with E-state index >= 15 is 0 Å². The van der Waals surface area contributed by atoms with Crippen LogP contribution in [0.25, 0.3) is 0 Å². The maximum absolute atomic E-state index is 12.1. The molecule has 2 unspecified atom stereocenters. The molecule has 100 valence electrons. The van der Waals surface area contributed by atoms with E-state index in [-0.39, 0.29) is 18.6 Å². The lowest BCUT2D eigenvalue weighted by Crippen LogP contribution is -2.39. The number of aliphatic hydroxyl groups excluding tert-OH is 1. The van der Waals surface area contributed by atoms with Crippen molar-refractivity contribution in [1.29, 1.82) is 0 Å². The Kier molecular flexibility index (Phi) is 6.52. The molecule has 0 bridgehead atoms. The van der Waals surface area contributed by atoms with Crippen LogP contribution >= 0.6 is 0 Å². The van der Waals surface area contributed by atoms with Crippen molar-refractivity contribution >= 4 is 5.91 Å². The topological polar surface area (TPSA) is 66.6 Å². The molecule has 4 heteroatoms. The maximum atomic E-state index is 12.1. The van der Waals surface area contributed by atoms with Crippen molar-refractivity contribution in [2.45, 2.75) is 64.0 Å². The summed E-state index contributed by atoms with van der Waals surface area (Å²) < 4.78 is 0. The Balaban J connectivity index is 2.38. The van der Waals surface area contributed by atoms with Crippen LogP contribution in [0.1, 0.15) is 51.9 Å². The molecule has 1 amide bonds. The summed E-state index contributed by atoms with van der Waals surface area (Å²) in [4.78, 5) is 14.1. The lowest BCUT2D eigenvalue weighted by molar-refractivity contribution is -0.132. The fourth-order valence-corrected chi connectivity index (χ4v) is 2.61. The van der Waals surface area contributed by atoms with E-state index in [0.29, 0.717) is 12.5 Å². The number of nitrogens with two attached hydrogens (primary N) is 1. The van der Waals surface area contributed by atoms with Crippen molar-refractivity contribution in [1.82, 2.24) is 4.90 Å². The largest absolute Gasteiger partial charge is 0.396 e. The smallest absolute Gasteiger partial charge is 0.224 e. The second-order valence-electron chi connectivity index (χ2n) is 5.00. The van der Waals surface area contributed by atoms with E-state index in [4.69, 9.17) is 10.8 Å². The molecular formula is C13H26N2O2. The average Bonchev–Trinajstić information content (AvgIpc) is 2.74. The monoisotopic (exact) mass is 242 g/mol. The molecule has 1 fully saturated rings. The van der Waals surface area contributed by atoms with E-state index < -0.39 is 0 Å². The predicted molar refractivity (Wildman–Crippen MR) is 68.6 cm³/mol. The number of likely N-dealkylation sites (tertiary alicyclic amines) is 1. The van der Waals surface area contributed by atoms with Crippen LogP contribution in [0.15, 0.2) is 0 Å². The van der Waals surface area contributed by atoms with Gasteiger partial charge in [-0.2, -0.15) is 0 Å². The summed E-state index contributed by atoms with van der Waals surface area (Å²) in [6.07, 6.45) is 6.30. The minimum absolute atomic E-state index is 0.00610. The first-order valence-corrected chi connectivity index (χ1v) is 6.85. The highest BCUT2D eigenvalue weighted by atomic mass is 16.3. The summed E-state index contributed by atoms with van der Waals surface area (Å²) in [6, 6.07) is 0.343. The first kappa shape index (κ1) is 14.5. The summed E-state index contributed by atoms with van der Waals surface area (Å²) in [5.41, 5.74) is 5.91. The molecule has 17 heavy (non-hydrogen) atoms. The van der Waals surface area contributed by atoms with Gasteiger partial charge in [-0.15, -0.1) is 0 Å². The Hall–Kier alpha value is -0.610. The second-order valence-corrected chi connectivity index (χ2v) is 5.00. The van der Waals surface area contributed by atoms with Crippen LogP contribution in [-0.4, -0.2) is 41.1 Å². The molecule has 1 heterocycles. The van der Waals surface area contributed by atoms with E-state index in [9.17, 15) is 4.79 Å². The quantitative estimate of drug-likeness (QED) is 0.706. The summed E-state index contributed by atoms with van der Waals surface area (Å²) >= 11 is 0. The fourth-order valence-electron chi connectivity index (χ4n) is 2.61. The predicted octanol–water partition coefficient (Wildman–Crippen LogP) is 1.27. The van der Waals surface area contributed by atoms with Crippen LogP contribution in [0.5, 0.6) is 0 Å². The third kappa shape index (κ3) is 4.64. The highest BCUT2D eigenvalue weighted by molar-refractivity contribution is 5.77. The summed E-state index contributed by atoms with van der Waals surface area (Å²) in [5, 5.41) is 8.84. The zero-order valence-corrected chi connectivity index (χ0v) is 10.9. The zero-order chi connectivity index (χ0) is 12.7. The van der Waals surface area contributed by atoms with Crippen molar-refractivity contribution < 1.29 is 9.90 Å². The number of rotatable bonds is 7. The molecule has 1 saturated heterocycles. The van der Waals surface area contributed by atoms with Gasteiger partial charge in [0.25, 0.3) is 0 Å². The third-order valence-electron chi connectivity index (χ3n) is 3.49. The van der Waals surface area contributed by atoms with E-state index in [1.807, 2.05) is 4.90 Å². The van der Waals surface area contributed by atoms with Crippen LogP contribution in [0.3, 0.4) is 0 Å². The molecule has 0 spiro atoms. The third-order valence-corrected chi connectivity index (χ3v) is 3.49. The molecule has 4 nitrogen and oxygen atoms in total. The van der Waals surface area contributed by atoms with Crippen molar-refractivity contribution in [3.63, 3.8) is 0 Å². The molecule has 2 atom stereocenters. The standard InChI is InChI=1S/C13H26N2O2/c1-2-5-11(14)10-13(17)15-8-3-6-12(15)7-4-9-16/h11-12,16H,2-10,14H2,1H3. The van der Waals surface area contributed by atoms with Crippen molar-refractivity contribution in [2.75, 3.05) is 13.2 Å². The molecule has 3 N–H and O–H groups in total. The van der Waals surface area contributed by atoms with Gasteiger partial charge in [0, 0.05) is 31.7 Å². The van der Waals surface area contributed by atoms with E-state index in [2.05, 4.69) is 6.92 Å². The van der Waals surface area contributed by atoms with Gasteiger partial charge in [0.05, 0.1) is 0 Å². The van der Waals surface area contributed by atoms with Crippen molar-refractivity contribution in [2.24, 2.45) is 5.73 Å². The molecule has 1 aliphatic heterocycles. The molecule has 1 rings (SSSR count). The highest BCUT2D eigenvalue weighted by Gasteiger charge is 2.28. The molecule has 0 saturated carbocycles. The molecule has 1 aliphatic rings. The molecule has 0 radical (unpaired) electrons. The number of hydrogen-bond acceptors (Lipinski definition) is 3. The molecular weight excluding hydrogens is 216 g/mol. The molecule has 0 aromatic rings. The Bertz CT molecular complexity index is 233. The first-order valence-electron chi connectivity index (χ1n) is 6.85. The van der Waals surface area contributed by atoms with Gasteiger partial charge in [0.2, 0.25) is 5.91 Å². The Labute approximate surface area is 104 Å². The van der Waals surface area contributed by atoms with Crippen LogP contribution in [0, 0.1) is 0 Å². The lowest BCUT2D eigenvalue weighted by atomic mass is 10.1. The fraction of sp³-hybridized carbons (Fsp3) is 0.923. The zero-order valence-electron chi connectivity index (χ0n) is 10.9. The highest BCUT2D eigenvalue weighted by Crippen LogP contribution is 2.22. The number of amides is 1. The normalized spacial score (nSPS) is 21.8. The minimum Gasteiger partial charge on any atom is -0.396 e. The van der Waals surface area contributed by atoms with Gasteiger partial charge < -0.3 is 15.7 Å². The number of nitrogens with zero attached hydrogens (tertiary/aromatic N) is 1. The van der Waals surface area contributed by atoms with E-state index in [1.165, 1.54) is 0 Å². The summed E-state index contributed by atoms with van der Waals surface area (Å²) in [7, 11) is 0. The molecule has 0 aromatic heterocycles. The van der Waals surface area contributed by atoms with Crippen LogP contribution < -0.4 is 5.73 Å². The Morgan fingerprint density at radius 2 is 2.35 bits per heavy atom. The second kappa shape index (κ2) is 7.67. The molecule has 0 aliphatic carbocycles. The van der Waals surface area contributed by atoms with E-state index in [0.717, 1.165) is 45.1 Å². The van der Waals surface area contributed by atoms with Crippen LogP contribution in [-0.2, 0) is 4.79 Å². The number of aliphatic hydroxyl groups is 1. The first-order chi connectivity index (χ1) is 8.19. The van der Waals surface area contributed by atoms with Crippen LogP contribution in [0.4, 0.5) is 0 Å². The summed E-state index contributed by atoms with van der Waals surface area (Å²) in [5.74, 6) is 0.200. The van der Waals surface area contributed by atoms with Gasteiger partial charge in [-0.25, -0.2) is 0 Å². The number of carbonyl (C=O) groups is 1. The van der Waals surface area contributed by atoms with Crippen molar-refractivity contribution in [3.8, 4) is 0 Å². The Morgan fingerprint density at radius 3 is 3.00 bits per heavy atom. The van der Waals surface area contributed by atoms with Gasteiger partial charge in [0.15, 0.2) is 0 Å². The van der Waals surface area contributed by atoms with Gasteiger partial charge >= 0.3 is 0 Å². The van der Waals surface area contributed by atoms with E-state index in [1.54, 1.807) is 0 Å². The molecule has 0 aromatic carbocycles. The maximum Gasteiger partial charge on any atom is 0.224 e. The average molecular weight is 242 g/mol. The summed E-state index contributed by atoms with van der Waals surface area (Å²) in [6.45, 7) is 3.17. The van der Waals surface area contributed by atoms with Gasteiger partial charge in [0.1, 0.15) is 0 Å². The lowest BCUT2D eigenvalue weighted by Gasteiger charge is -2.26. The number of hydrogen-bond donors (Lipinski definition) is 2. The number of carbonyl (C=O) groups excluding carboxylic acids is 1. The SMILES string of the molecule is CCCC(N)CC(=O)N1CCCC1CCCO. The van der Waals surface area contributed by atoms with Gasteiger partial charge in [-0.1, -0.05) is 13.3 Å². The van der Waals surface area contributed by atoms with Crippen molar-refractivity contribution in [3.05, 3.63) is 0 Å². The Morgan fingerprint density at radius 1 is 1.59 bits per heavy atom. The van der Waals surface area contributed by atoms with Gasteiger partial charge in [-0.05, 0) is 32.1 Å². The van der Waals surface area contributed by atoms with Gasteiger partial charge in [-0.3, -0.25) is 4.79 Å². The van der Waals surface area contributed by atoms with Crippen LogP contribution in [0.2, 0.25) is 0 Å².